The number of carbonyl (C=O) groups excluding carboxylic acids is 1. The van der Waals surface area contributed by atoms with Crippen LogP contribution in [0.5, 0.6) is 5.75 Å². The maximum absolute atomic E-state index is 12.5. The maximum atomic E-state index is 12.5. The zero-order valence-electron chi connectivity index (χ0n) is 21.3. The Morgan fingerprint density at radius 1 is 0.676 bits per heavy atom. The number of rotatable bonds is 0. The Balaban J connectivity index is 0.000000167. The second-order valence-electron chi connectivity index (χ2n) is 11.5. The Labute approximate surface area is 204 Å². The largest absolute Gasteiger partial charge is 0.508 e. The molecule has 5 rings (SSSR count). The van der Waals surface area contributed by atoms with E-state index in [-0.39, 0.29) is 16.6 Å². The van der Waals surface area contributed by atoms with E-state index in [2.05, 4.69) is 77.9 Å². The van der Waals surface area contributed by atoms with Crippen LogP contribution in [0.1, 0.15) is 86.1 Å². The summed E-state index contributed by atoms with van der Waals surface area (Å²) < 4.78 is 0. The molecular formula is C32H36O2. The van der Waals surface area contributed by atoms with E-state index in [9.17, 15) is 9.90 Å². The molecule has 0 unspecified atom stereocenters. The quantitative estimate of drug-likeness (QED) is 0.353. The van der Waals surface area contributed by atoms with Crippen molar-refractivity contribution in [1.82, 2.24) is 0 Å². The average Bonchev–Trinajstić information content (AvgIpc) is 3.34. The number of benzene rings is 3. The highest BCUT2D eigenvalue weighted by Gasteiger charge is 2.30. The van der Waals surface area contributed by atoms with Crippen LogP contribution in [0.4, 0.5) is 0 Å². The molecule has 0 radical (unpaired) electrons. The van der Waals surface area contributed by atoms with E-state index in [4.69, 9.17) is 0 Å². The Kier molecular flexibility index (Phi) is 6.29. The summed E-state index contributed by atoms with van der Waals surface area (Å²) in [5.41, 5.74) is 9.46. The molecule has 0 heterocycles. The zero-order valence-corrected chi connectivity index (χ0v) is 21.3. The highest BCUT2D eigenvalue weighted by Crippen LogP contribution is 2.39. The van der Waals surface area contributed by atoms with Crippen molar-refractivity contribution in [3.8, 4) is 5.75 Å². The number of phenolic OH excluding ortho intramolecular Hbond substituents is 1. The van der Waals surface area contributed by atoms with Gasteiger partial charge in [0.2, 0.25) is 0 Å². The van der Waals surface area contributed by atoms with Gasteiger partial charge in [0.25, 0.3) is 0 Å². The topological polar surface area (TPSA) is 37.3 Å². The molecule has 0 bridgehead atoms. The van der Waals surface area contributed by atoms with Crippen LogP contribution in [-0.2, 0) is 23.7 Å². The molecule has 1 N–H and O–H groups in total. The molecule has 3 aromatic rings. The van der Waals surface area contributed by atoms with Crippen molar-refractivity contribution < 1.29 is 9.90 Å². The number of phenols is 1. The van der Waals surface area contributed by atoms with Crippen LogP contribution in [0, 0.1) is 0 Å². The molecule has 0 atom stereocenters. The van der Waals surface area contributed by atoms with Crippen LogP contribution in [-0.4, -0.2) is 10.9 Å². The minimum absolute atomic E-state index is 0.00859. The number of Topliss-reactive ketones (excluding diaryl/α,β-unsaturated/α-hetero) is 1. The number of carbonyl (C=O) groups is 1. The van der Waals surface area contributed by atoms with Crippen molar-refractivity contribution in [1.29, 1.82) is 0 Å². The van der Waals surface area contributed by atoms with Crippen molar-refractivity contribution in [2.45, 2.75) is 71.6 Å². The molecule has 2 nitrogen and oxygen atoms in total. The van der Waals surface area contributed by atoms with Gasteiger partial charge in [-0.25, -0.2) is 0 Å². The first-order chi connectivity index (χ1) is 16.0. The summed E-state index contributed by atoms with van der Waals surface area (Å²) in [4.78, 5) is 12.5. The van der Waals surface area contributed by atoms with Gasteiger partial charge in [0.15, 0.2) is 5.78 Å². The van der Waals surface area contributed by atoms with Gasteiger partial charge in [0.1, 0.15) is 5.75 Å². The smallest absolute Gasteiger partial charge is 0.189 e. The molecule has 3 aromatic carbocycles. The number of fused-ring (bicyclic) bond motifs is 2. The number of allylic oxidation sites excluding steroid dienone is 2. The second-order valence-corrected chi connectivity index (χ2v) is 11.5. The highest BCUT2D eigenvalue weighted by atomic mass is 16.3. The van der Waals surface area contributed by atoms with Crippen LogP contribution in [0.3, 0.4) is 0 Å². The summed E-state index contributed by atoms with van der Waals surface area (Å²) in [6.45, 7) is 12.9. The number of hydrogen-bond acceptors (Lipinski definition) is 2. The number of ketones is 1. The summed E-state index contributed by atoms with van der Waals surface area (Å²) in [5.74, 6) is 0.637. The van der Waals surface area contributed by atoms with Crippen LogP contribution in [0.15, 0.2) is 72.3 Å². The molecule has 0 aromatic heterocycles. The molecular weight excluding hydrogens is 416 g/mol. The van der Waals surface area contributed by atoms with Gasteiger partial charge in [-0.05, 0) is 63.1 Å². The number of aromatic hydroxyl groups is 1. The Hall–Kier alpha value is -3.13. The summed E-state index contributed by atoms with van der Waals surface area (Å²) in [7, 11) is 0. The van der Waals surface area contributed by atoms with E-state index in [1.54, 1.807) is 6.07 Å². The molecule has 2 aliphatic rings. The molecule has 0 spiro atoms. The third kappa shape index (κ3) is 4.73. The fourth-order valence-corrected chi connectivity index (χ4v) is 4.92. The van der Waals surface area contributed by atoms with Gasteiger partial charge in [0, 0.05) is 17.6 Å². The van der Waals surface area contributed by atoms with Gasteiger partial charge in [-0.2, -0.15) is 0 Å². The van der Waals surface area contributed by atoms with Gasteiger partial charge in [0.05, 0.1) is 0 Å². The van der Waals surface area contributed by atoms with Gasteiger partial charge < -0.3 is 5.11 Å². The number of aryl methyl sites for hydroxylation is 1. The lowest BCUT2D eigenvalue weighted by Crippen LogP contribution is -2.16. The van der Waals surface area contributed by atoms with Crippen LogP contribution >= 0.6 is 0 Å². The van der Waals surface area contributed by atoms with Gasteiger partial charge in [-0.1, -0.05) is 102 Å². The standard InChI is InChI=1S/C18H14O.C14H22O/c19-18-15-8-4-2-6-13(15)11-17(18)16-10-9-12-5-1-3-7-14(12)16;1-13(2,3)10-7-8-12(15)11(9-10)14(4,5)6/h1-8H,9-11H2;7-9,15H,1-6H3/b17-16+;. The predicted octanol–water partition coefficient (Wildman–Crippen LogP) is 7.81. The maximum Gasteiger partial charge on any atom is 0.189 e. The third-order valence-corrected chi connectivity index (χ3v) is 6.92. The van der Waals surface area contributed by atoms with Crippen LogP contribution in [0.2, 0.25) is 0 Å². The molecule has 0 fully saturated rings. The Bertz CT molecular complexity index is 1260. The molecule has 2 aliphatic carbocycles. The number of hydrogen-bond donors (Lipinski definition) is 1. The Morgan fingerprint density at radius 3 is 1.91 bits per heavy atom. The lowest BCUT2D eigenvalue weighted by molar-refractivity contribution is 0.104. The molecule has 176 valence electrons. The Morgan fingerprint density at radius 2 is 1.29 bits per heavy atom. The van der Waals surface area contributed by atoms with E-state index >= 15 is 0 Å². The highest BCUT2D eigenvalue weighted by molar-refractivity contribution is 6.17. The van der Waals surface area contributed by atoms with Crippen molar-refractivity contribution in [3.05, 3.63) is 106 Å². The van der Waals surface area contributed by atoms with E-state index in [0.717, 1.165) is 36.0 Å². The first kappa shape index (κ1) is 24.0. The van der Waals surface area contributed by atoms with E-state index in [1.807, 2.05) is 24.3 Å². The summed E-state index contributed by atoms with van der Waals surface area (Å²) in [5, 5.41) is 9.84. The minimum atomic E-state index is -0.00859. The summed E-state index contributed by atoms with van der Waals surface area (Å²) in [6.07, 6.45) is 2.88. The fourth-order valence-electron chi connectivity index (χ4n) is 4.92. The molecule has 0 aliphatic heterocycles. The zero-order chi connectivity index (χ0) is 24.7. The van der Waals surface area contributed by atoms with Crippen molar-refractivity contribution >= 4 is 11.4 Å². The van der Waals surface area contributed by atoms with Gasteiger partial charge in [-0.15, -0.1) is 0 Å². The van der Waals surface area contributed by atoms with Crippen LogP contribution < -0.4 is 0 Å². The summed E-state index contributed by atoms with van der Waals surface area (Å²) >= 11 is 0. The van der Waals surface area contributed by atoms with E-state index in [1.165, 1.54) is 27.8 Å². The molecule has 0 saturated carbocycles. The van der Waals surface area contributed by atoms with E-state index < -0.39 is 0 Å². The molecule has 34 heavy (non-hydrogen) atoms. The normalized spacial score (nSPS) is 17.2. The molecule has 0 saturated heterocycles. The van der Waals surface area contributed by atoms with E-state index in [0.29, 0.717) is 5.75 Å². The second kappa shape index (κ2) is 8.91. The van der Waals surface area contributed by atoms with Crippen LogP contribution in [0.25, 0.3) is 5.57 Å². The van der Waals surface area contributed by atoms with Crippen molar-refractivity contribution in [2.75, 3.05) is 0 Å². The first-order valence-electron chi connectivity index (χ1n) is 12.2. The monoisotopic (exact) mass is 452 g/mol. The molecule has 2 heteroatoms. The predicted molar refractivity (Wildman–Crippen MR) is 142 cm³/mol. The van der Waals surface area contributed by atoms with Crippen molar-refractivity contribution in [2.24, 2.45) is 0 Å². The first-order valence-corrected chi connectivity index (χ1v) is 12.2. The van der Waals surface area contributed by atoms with Crippen molar-refractivity contribution in [3.63, 3.8) is 0 Å². The third-order valence-electron chi connectivity index (χ3n) is 6.92. The minimum Gasteiger partial charge on any atom is -0.508 e. The average molecular weight is 453 g/mol. The lowest BCUT2D eigenvalue weighted by atomic mass is 9.80. The van der Waals surface area contributed by atoms with Gasteiger partial charge >= 0.3 is 0 Å². The summed E-state index contributed by atoms with van der Waals surface area (Å²) in [6, 6.07) is 22.4. The SMILES string of the molecule is CC(C)(C)c1ccc(O)c(C(C)(C)C)c1.O=C1/C(=C2\CCc3ccccc32)Cc2ccccc21. The molecule has 0 amide bonds. The lowest BCUT2D eigenvalue weighted by Gasteiger charge is -2.25. The fraction of sp³-hybridized carbons (Fsp3) is 0.344. The van der Waals surface area contributed by atoms with Gasteiger partial charge in [-0.3, -0.25) is 4.79 Å².